The Kier molecular flexibility index (Phi) is 5.77. The van der Waals surface area contributed by atoms with E-state index in [0.717, 1.165) is 12.8 Å². The Hall–Kier alpha value is -0.610. The number of ether oxygens (including phenoxy) is 1. The van der Waals surface area contributed by atoms with Gasteiger partial charge in [-0.3, -0.25) is 4.79 Å². The first-order valence-corrected chi connectivity index (χ1v) is 6.19. The van der Waals surface area contributed by atoms with E-state index in [1.54, 1.807) is 7.11 Å². The van der Waals surface area contributed by atoms with Crippen molar-refractivity contribution >= 4 is 5.91 Å². The van der Waals surface area contributed by atoms with Crippen LogP contribution in [0.2, 0.25) is 0 Å². The SMILES string of the molecule is CO[C@H]1CCCC[C@@H]1NCC(=O)NC(C)C. The van der Waals surface area contributed by atoms with Gasteiger partial charge in [0.05, 0.1) is 12.6 Å². The first-order chi connectivity index (χ1) is 7.63. The lowest BCUT2D eigenvalue weighted by atomic mass is 9.92. The van der Waals surface area contributed by atoms with Gasteiger partial charge in [0.2, 0.25) is 5.91 Å². The van der Waals surface area contributed by atoms with Crippen LogP contribution in [-0.4, -0.2) is 37.7 Å². The molecule has 4 nitrogen and oxygen atoms in total. The van der Waals surface area contributed by atoms with Gasteiger partial charge in [-0.1, -0.05) is 12.8 Å². The molecule has 1 aliphatic rings. The molecule has 0 aliphatic heterocycles. The van der Waals surface area contributed by atoms with Crippen LogP contribution in [0.25, 0.3) is 0 Å². The smallest absolute Gasteiger partial charge is 0.234 e. The van der Waals surface area contributed by atoms with Crippen LogP contribution in [0.4, 0.5) is 0 Å². The van der Waals surface area contributed by atoms with E-state index in [1.165, 1.54) is 12.8 Å². The summed E-state index contributed by atoms with van der Waals surface area (Å²) in [6.07, 6.45) is 4.92. The van der Waals surface area contributed by atoms with Gasteiger partial charge in [0.15, 0.2) is 0 Å². The van der Waals surface area contributed by atoms with Gasteiger partial charge in [-0.05, 0) is 26.7 Å². The van der Waals surface area contributed by atoms with Gasteiger partial charge in [-0.25, -0.2) is 0 Å². The number of carbonyl (C=O) groups is 1. The molecule has 2 N–H and O–H groups in total. The molecule has 0 aromatic carbocycles. The Balaban J connectivity index is 2.27. The Labute approximate surface area is 98.1 Å². The molecule has 0 unspecified atom stereocenters. The lowest BCUT2D eigenvalue weighted by molar-refractivity contribution is -0.121. The maximum Gasteiger partial charge on any atom is 0.234 e. The second kappa shape index (κ2) is 6.86. The molecule has 1 saturated carbocycles. The molecule has 1 amide bonds. The standard InChI is InChI=1S/C12H24N2O2/c1-9(2)14-12(15)8-13-10-6-4-5-7-11(10)16-3/h9-11,13H,4-8H2,1-3H3,(H,14,15)/t10-,11-/m0/s1. The zero-order chi connectivity index (χ0) is 12.0. The predicted octanol–water partition coefficient (Wildman–Crippen LogP) is 1.06. The number of amides is 1. The molecule has 0 aromatic rings. The Morgan fingerprint density at radius 2 is 2.06 bits per heavy atom. The fourth-order valence-corrected chi connectivity index (χ4v) is 2.21. The fourth-order valence-electron chi connectivity index (χ4n) is 2.21. The highest BCUT2D eigenvalue weighted by molar-refractivity contribution is 5.78. The van der Waals surface area contributed by atoms with Crippen molar-refractivity contribution < 1.29 is 9.53 Å². The zero-order valence-electron chi connectivity index (χ0n) is 10.6. The van der Waals surface area contributed by atoms with Crippen LogP contribution < -0.4 is 10.6 Å². The van der Waals surface area contributed by atoms with Gasteiger partial charge in [0.25, 0.3) is 0 Å². The third-order valence-corrected chi connectivity index (χ3v) is 2.98. The summed E-state index contributed by atoms with van der Waals surface area (Å²) in [4.78, 5) is 11.5. The highest BCUT2D eigenvalue weighted by atomic mass is 16.5. The van der Waals surface area contributed by atoms with Gasteiger partial charge < -0.3 is 15.4 Å². The average Bonchev–Trinajstić information content (AvgIpc) is 2.26. The second-order valence-electron chi connectivity index (χ2n) is 4.77. The molecular formula is C12H24N2O2. The molecular weight excluding hydrogens is 204 g/mol. The van der Waals surface area contributed by atoms with Crippen molar-refractivity contribution in [3.05, 3.63) is 0 Å². The van der Waals surface area contributed by atoms with Gasteiger partial charge in [-0.2, -0.15) is 0 Å². The minimum Gasteiger partial charge on any atom is -0.380 e. The number of hydrogen-bond acceptors (Lipinski definition) is 3. The van der Waals surface area contributed by atoms with Crippen molar-refractivity contribution in [3.8, 4) is 0 Å². The highest BCUT2D eigenvalue weighted by Gasteiger charge is 2.24. The molecule has 0 aromatic heterocycles. The summed E-state index contributed by atoms with van der Waals surface area (Å²) in [7, 11) is 1.75. The molecule has 0 heterocycles. The monoisotopic (exact) mass is 228 g/mol. The average molecular weight is 228 g/mol. The first-order valence-electron chi connectivity index (χ1n) is 6.19. The summed E-state index contributed by atoms with van der Waals surface area (Å²) in [6.45, 7) is 4.33. The summed E-state index contributed by atoms with van der Waals surface area (Å²) in [5, 5.41) is 6.16. The molecule has 0 radical (unpaired) electrons. The van der Waals surface area contributed by atoms with Gasteiger partial charge in [0, 0.05) is 19.2 Å². The number of rotatable bonds is 5. The molecule has 0 spiro atoms. The molecule has 0 bridgehead atoms. The minimum atomic E-state index is 0.0652. The largest absolute Gasteiger partial charge is 0.380 e. The van der Waals surface area contributed by atoms with E-state index < -0.39 is 0 Å². The lowest BCUT2D eigenvalue weighted by Gasteiger charge is -2.31. The summed E-state index contributed by atoms with van der Waals surface area (Å²) in [5.74, 6) is 0.0652. The van der Waals surface area contributed by atoms with E-state index in [2.05, 4.69) is 10.6 Å². The summed E-state index contributed by atoms with van der Waals surface area (Å²) in [5.41, 5.74) is 0. The van der Waals surface area contributed by atoms with Crippen LogP contribution in [0.15, 0.2) is 0 Å². The topological polar surface area (TPSA) is 50.4 Å². The zero-order valence-corrected chi connectivity index (χ0v) is 10.6. The van der Waals surface area contributed by atoms with E-state index in [9.17, 15) is 4.79 Å². The normalized spacial score (nSPS) is 25.8. The molecule has 94 valence electrons. The fraction of sp³-hybridized carbons (Fsp3) is 0.917. The molecule has 1 rings (SSSR count). The maximum absolute atomic E-state index is 11.5. The quantitative estimate of drug-likeness (QED) is 0.739. The van der Waals surface area contributed by atoms with Crippen molar-refractivity contribution in [2.45, 2.75) is 57.7 Å². The van der Waals surface area contributed by atoms with Crippen LogP contribution in [0.1, 0.15) is 39.5 Å². The molecule has 1 fully saturated rings. The van der Waals surface area contributed by atoms with Gasteiger partial charge >= 0.3 is 0 Å². The van der Waals surface area contributed by atoms with Crippen molar-refractivity contribution in [1.29, 1.82) is 0 Å². The molecule has 0 saturated heterocycles. The molecule has 4 heteroatoms. The van der Waals surface area contributed by atoms with E-state index in [-0.39, 0.29) is 18.1 Å². The van der Waals surface area contributed by atoms with Crippen molar-refractivity contribution in [3.63, 3.8) is 0 Å². The lowest BCUT2D eigenvalue weighted by Crippen LogP contribution is -2.47. The number of carbonyl (C=O) groups excluding carboxylic acids is 1. The van der Waals surface area contributed by atoms with E-state index in [0.29, 0.717) is 12.6 Å². The number of nitrogens with one attached hydrogen (secondary N) is 2. The molecule has 2 atom stereocenters. The van der Waals surface area contributed by atoms with E-state index in [1.807, 2.05) is 13.8 Å². The third-order valence-electron chi connectivity index (χ3n) is 2.98. The summed E-state index contributed by atoms with van der Waals surface area (Å²) < 4.78 is 5.42. The van der Waals surface area contributed by atoms with Crippen molar-refractivity contribution in [1.82, 2.24) is 10.6 Å². The minimum absolute atomic E-state index is 0.0652. The Bertz CT molecular complexity index is 219. The van der Waals surface area contributed by atoms with Crippen molar-refractivity contribution in [2.75, 3.05) is 13.7 Å². The summed E-state index contributed by atoms with van der Waals surface area (Å²) >= 11 is 0. The predicted molar refractivity (Wildman–Crippen MR) is 64.3 cm³/mol. The Morgan fingerprint density at radius 1 is 1.38 bits per heavy atom. The van der Waals surface area contributed by atoms with E-state index >= 15 is 0 Å². The number of methoxy groups -OCH3 is 1. The van der Waals surface area contributed by atoms with Crippen molar-refractivity contribution in [2.24, 2.45) is 0 Å². The van der Waals surface area contributed by atoms with Gasteiger partial charge in [-0.15, -0.1) is 0 Å². The van der Waals surface area contributed by atoms with Crippen LogP contribution >= 0.6 is 0 Å². The second-order valence-corrected chi connectivity index (χ2v) is 4.77. The summed E-state index contributed by atoms with van der Waals surface area (Å²) in [6, 6.07) is 0.538. The molecule has 1 aliphatic carbocycles. The van der Waals surface area contributed by atoms with Crippen LogP contribution in [-0.2, 0) is 9.53 Å². The molecule has 16 heavy (non-hydrogen) atoms. The number of hydrogen-bond donors (Lipinski definition) is 2. The maximum atomic E-state index is 11.5. The Morgan fingerprint density at radius 3 is 2.69 bits per heavy atom. The van der Waals surface area contributed by atoms with Crippen LogP contribution in [0.3, 0.4) is 0 Å². The van der Waals surface area contributed by atoms with Gasteiger partial charge in [0.1, 0.15) is 0 Å². The van der Waals surface area contributed by atoms with E-state index in [4.69, 9.17) is 4.74 Å². The highest BCUT2D eigenvalue weighted by Crippen LogP contribution is 2.20. The first kappa shape index (κ1) is 13.5. The third kappa shape index (κ3) is 4.49. The van der Waals surface area contributed by atoms with Crippen LogP contribution in [0.5, 0.6) is 0 Å². The van der Waals surface area contributed by atoms with Crippen LogP contribution in [0, 0.1) is 0 Å².